The first-order valence-electron chi connectivity index (χ1n) is 8.83. The van der Waals surface area contributed by atoms with Crippen LogP contribution in [0.15, 0.2) is 18.3 Å². The minimum atomic E-state index is 0.117. The maximum Gasteiger partial charge on any atom is 0.257 e. The molecule has 2 aliphatic rings. The minimum Gasteiger partial charge on any atom is -0.378 e. The lowest BCUT2D eigenvalue weighted by molar-refractivity contribution is 0.0126. The number of amides is 1. The molecule has 5 heteroatoms. The molecule has 23 heavy (non-hydrogen) atoms. The van der Waals surface area contributed by atoms with E-state index in [-0.39, 0.29) is 5.91 Å². The van der Waals surface area contributed by atoms with Crippen LogP contribution in [0.3, 0.4) is 0 Å². The highest BCUT2D eigenvalue weighted by atomic mass is 16.5. The molecule has 0 aromatic carbocycles. The number of aromatic nitrogens is 1. The van der Waals surface area contributed by atoms with Gasteiger partial charge in [0.2, 0.25) is 0 Å². The molecule has 1 aromatic rings. The smallest absolute Gasteiger partial charge is 0.257 e. The van der Waals surface area contributed by atoms with Gasteiger partial charge in [-0.05, 0) is 50.7 Å². The van der Waals surface area contributed by atoms with Crippen LogP contribution < -0.4 is 4.90 Å². The van der Waals surface area contributed by atoms with E-state index in [4.69, 9.17) is 4.74 Å². The molecule has 1 atom stereocenters. The third-order valence-corrected chi connectivity index (χ3v) is 4.83. The number of hydrogen-bond acceptors (Lipinski definition) is 4. The standard InChI is InChI=1S/C18H27N3O2/c1-20(13-9-15-7-2-5-14-23-15)17-16(8-6-10-19-17)18(22)21-11-3-4-12-21/h6,8,10,15H,2-5,7,9,11-14H2,1H3. The summed E-state index contributed by atoms with van der Waals surface area (Å²) in [7, 11) is 2.02. The maximum absolute atomic E-state index is 12.7. The Bertz CT molecular complexity index is 523. The summed E-state index contributed by atoms with van der Waals surface area (Å²) in [5, 5.41) is 0. The molecule has 2 aliphatic heterocycles. The van der Waals surface area contributed by atoms with Crippen LogP contribution >= 0.6 is 0 Å². The Balaban J connectivity index is 1.65. The van der Waals surface area contributed by atoms with Crippen LogP contribution in [0.5, 0.6) is 0 Å². The first-order valence-corrected chi connectivity index (χ1v) is 8.83. The molecule has 5 nitrogen and oxygen atoms in total. The van der Waals surface area contributed by atoms with Crippen LogP contribution in [0, 0.1) is 0 Å². The molecular weight excluding hydrogens is 290 g/mol. The van der Waals surface area contributed by atoms with E-state index in [0.717, 1.165) is 63.3 Å². The van der Waals surface area contributed by atoms with Crippen molar-refractivity contribution in [3.05, 3.63) is 23.9 Å². The number of carbonyl (C=O) groups is 1. The molecule has 3 heterocycles. The van der Waals surface area contributed by atoms with E-state index in [1.165, 1.54) is 12.8 Å². The van der Waals surface area contributed by atoms with E-state index >= 15 is 0 Å². The Labute approximate surface area is 138 Å². The van der Waals surface area contributed by atoms with Gasteiger partial charge in [-0.2, -0.15) is 0 Å². The zero-order valence-corrected chi connectivity index (χ0v) is 14.0. The van der Waals surface area contributed by atoms with E-state index in [9.17, 15) is 4.79 Å². The lowest BCUT2D eigenvalue weighted by atomic mass is 10.1. The Morgan fingerprint density at radius 2 is 2.17 bits per heavy atom. The van der Waals surface area contributed by atoms with Crippen molar-refractivity contribution in [2.24, 2.45) is 0 Å². The second kappa shape index (κ2) is 7.77. The second-order valence-corrected chi connectivity index (χ2v) is 6.57. The Kier molecular flexibility index (Phi) is 5.49. The normalized spacial score (nSPS) is 21.4. The van der Waals surface area contributed by atoms with Crippen molar-refractivity contribution < 1.29 is 9.53 Å². The van der Waals surface area contributed by atoms with Gasteiger partial charge in [-0.15, -0.1) is 0 Å². The van der Waals surface area contributed by atoms with Crippen molar-refractivity contribution in [2.75, 3.05) is 38.2 Å². The summed E-state index contributed by atoms with van der Waals surface area (Å²) in [6.45, 7) is 3.48. The predicted molar refractivity (Wildman–Crippen MR) is 90.9 cm³/mol. The van der Waals surface area contributed by atoms with Gasteiger partial charge in [-0.25, -0.2) is 4.98 Å². The largest absolute Gasteiger partial charge is 0.378 e. The molecule has 0 radical (unpaired) electrons. The van der Waals surface area contributed by atoms with Crippen molar-refractivity contribution >= 4 is 11.7 Å². The number of nitrogens with zero attached hydrogens (tertiary/aromatic N) is 3. The molecule has 1 unspecified atom stereocenters. The first kappa shape index (κ1) is 16.2. The monoisotopic (exact) mass is 317 g/mol. The number of hydrogen-bond donors (Lipinski definition) is 0. The third kappa shape index (κ3) is 4.02. The summed E-state index contributed by atoms with van der Waals surface area (Å²) in [6, 6.07) is 3.75. The van der Waals surface area contributed by atoms with Gasteiger partial charge in [0.05, 0.1) is 11.7 Å². The molecule has 0 bridgehead atoms. The van der Waals surface area contributed by atoms with E-state index in [1.807, 2.05) is 24.1 Å². The lowest BCUT2D eigenvalue weighted by Crippen LogP contribution is -2.32. The van der Waals surface area contributed by atoms with Crippen molar-refractivity contribution in [1.29, 1.82) is 0 Å². The fraction of sp³-hybridized carbons (Fsp3) is 0.667. The fourth-order valence-corrected chi connectivity index (χ4v) is 3.44. The topological polar surface area (TPSA) is 45.7 Å². The summed E-state index contributed by atoms with van der Waals surface area (Å²) in [5.74, 6) is 0.909. The maximum atomic E-state index is 12.7. The number of carbonyl (C=O) groups excluding carboxylic acids is 1. The van der Waals surface area contributed by atoms with Gasteiger partial charge in [0.1, 0.15) is 5.82 Å². The van der Waals surface area contributed by atoms with Crippen LogP contribution in [0.4, 0.5) is 5.82 Å². The van der Waals surface area contributed by atoms with E-state index < -0.39 is 0 Å². The quantitative estimate of drug-likeness (QED) is 0.838. The average Bonchev–Trinajstić information content (AvgIpc) is 3.14. The van der Waals surface area contributed by atoms with Gasteiger partial charge >= 0.3 is 0 Å². The van der Waals surface area contributed by atoms with Gasteiger partial charge in [0.15, 0.2) is 0 Å². The lowest BCUT2D eigenvalue weighted by Gasteiger charge is -2.27. The molecule has 0 spiro atoms. The van der Waals surface area contributed by atoms with Crippen molar-refractivity contribution in [1.82, 2.24) is 9.88 Å². The molecule has 1 aromatic heterocycles. The SMILES string of the molecule is CN(CCC1CCCCO1)c1ncccc1C(=O)N1CCCC1. The summed E-state index contributed by atoms with van der Waals surface area (Å²) in [5.41, 5.74) is 0.724. The number of ether oxygens (including phenoxy) is 1. The number of likely N-dealkylation sites (tertiary alicyclic amines) is 1. The number of rotatable bonds is 5. The van der Waals surface area contributed by atoms with Crippen molar-refractivity contribution in [2.45, 2.75) is 44.6 Å². The minimum absolute atomic E-state index is 0.117. The highest BCUT2D eigenvalue weighted by molar-refractivity contribution is 5.99. The van der Waals surface area contributed by atoms with Gasteiger partial charge < -0.3 is 14.5 Å². The van der Waals surface area contributed by atoms with Gasteiger partial charge in [-0.3, -0.25) is 4.79 Å². The number of pyridine rings is 1. The van der Waals surface area contributed by atoms with Crippen LogP contribution in [-0.4, -0.2) is 55.2 Å². The molecule has 0 N–H and O–H groups in total. The first-order chi connectivity index (χ1) is 11.3. The van der Waals surface area contributed by atoms with Gasteiger partial charge in [0.25, 0.3) is 5.91 Å². The van der Waals surface area contributed by atoms with Crippen LogP contribution in [0.1, 0.15) is 48.9 Å². The fourth-order valence-electron chi connectivity index (χ4n) is 3.44. The summed E-state index contributed by atoms with van der Waals surface area (Å²) >= 11 is 0. The Morgan fingerprint density at radius 1 is 1.35 bits per heavy atom. The van der Waals surface area contributed by atoms with Crippen LogP contribution in [-0.2, 0) is 4.74 Å². The molecular formula is C18H27N3O2. The van der Waals surface area contributed by atoms with Crippen LogP contribution in [0.25, 0.3) is 0 Å². The Hall–Kier alpha value is -1.62. The summed E-state index contributed by atoms with van der Waals surface area (Å²) in [6.07, 6.45) is 8.92. The number of anilines is 1. The predicted octanol–water partition coefficient (Wildman–Crippen LogP) is 2.71. The molecule has 3 rings (SSSR count). The van der Waals surface area contributed by atoms with Gasteiger partial charge in [-0.1, -0.05) is 0 Å². The highest BCUT2D eigenvalue weighted by Gasteiger charge is 2.24. The zero-order chi connectivity index (χ0) is 16.1. The molecule has 2 saturated heterocycles. The second-order valence-electron chi connectivity index (χ2n) is 6.57. The molecule has 2 fully saturated rings. The highest BCUT2D eigenvalue weighted by Crippen LogP contribution is 2.22. The van der Waals surface area contributed by atoms with E-state index in [0.29, 0.717) is 6.10 Å². The van der Waals surface area contributed by atoms with E-state index in [2.05, 4.69) is 9.88 Å². The average molecular weight is 317 g/mol. The Morgan fingerprint density at radius 3 is 2.91 bits per heavy atom. The third-order valence-electron chi connectivity index (χ3n) is 4.83. The molecule has 126 valence electrons. The zero-order valence-electron chi connectivity index (χ0n) is 14.0. The van der Waals surface area contributed by atoms with Crippen LogP contribution in [0.2, 0.25) is 0 Å². The molecule has 1 amide bonds. The summed E-state index contributed by atoms with van der Waals surface area (Å²) in [4.78, 5) is 21.2. The van der Waals surface area contributed by atoms with E-state index in [1.54, 1.807) is 6.20 Å². The van der Waals surface area contributed by atoms with Crippen molar-refractivity contribution in [3.63, 3.8) is 0 Å². The molecule has 0 saturated carbocycles. The van der Waals surface area contributed by atoms with Gasteiger partial charge in [0, 0.05) is 39.5 Å². The summed E-state index contributed by atoms with van der Waals surface area (Å²) < 4.78 is 5.80. The van der Waals surface area contributed by atoms with Crippen molar-refractivity contribution in [3.8, 4) is 0 Å². The molecule has 0 aliphatic carbocycles.